The third-order valence-electron chi connectivity index (χ3n) is 3.16. The third-order valence-corrected chi connectivity index (χ3v) is 3.51. The predicted molar refractivity (Wildman–Crippen MR) is 81.7 cm³/mol. The van der Waals surface area contributed by atoms with Crippen molar-refractivity contribution in [3.63, 3.8) is 0 Å². The Morgan fingerprint density at radius 1 is 1.32 bits per heavy atom. The third kappa shape index (κ3) is 3.89. The minimum Gasteiger partial charge on any atom is -0.469 e. The molecule has 1 heterocycles. The molecule has 0 unspecified atom stereocenters. The minimum absolute atomic E-state index is 0.282. The SMILES string of the molecule is Cc1occc1C(=O)OCC(=O)N[C@@H](C)c1ccccc1Cl. The average Bonchev–Trinajstić information content (AvgIpc) is 2.91. The lowest BCUT2D eigenvalue weighted by Gasteiger charge is -2.15. The lowest BCUT2D eigenvalue weighted by atomic mass is 10.1. The van der Waals surface area contributed by atoms with Gasteiger partial charge < -0.3 is 14.5 Å². The molecule has 1 N–H and O–H groups in total. The van der Waals surface area contributed by atoms with E-state index in [0.29, 0.717) is 16.3 Å². The van der Waals surface area contributed by atoms with Crippen LogP contribution in [0.2, 0.25) is 5.02 Å². The molecule has 1 aromatic carbocycles. The highest BCUT2D eigenvalue weighted by molar-refractivity contribution is 6.31. The zero-order valence-corrected chi connectivity index (χ0v) is 13.0. The number of nitrogens with one attached hydrogen (secondary N) is 1. The van der Waals surface area contributed by atoms with Gasteiger partial charge in [-0.25, -0.2) is 4.79 Å². The highest BCUT2D eigenvalue weighted by atomic mass is 35.5. The lowest BCUT2D eigenvalue weighted by molar-refractivity contribution is -0.124. The normalized spacial score (nSPS) is 11.8. The van der Waals surface area contributed by atoms with Crippen molar-refractivity contribution in [1.29, 1.82) is 0 Å². The molecule has 5 nitrogen and oxygen atoms in total. The van der Waals surface area contributed by atoms with Gasteiger partial charge in [-0.3, -0.25) is 4.79 Å². The summed E-state index contributed by atoms with van der Waals surface area (Å²) in [5.74, 6) is -0.538. The fraction of sp³-hybridized carbons (Fsp3) is 0.250. The molecule has 2 rings (SSSR count). The first kappa shape index (κ1) is 16.1. The summed E-state index contributed by atoms with van der Waals surface area (Å²) in [5.41, 5.74) is 1.11. The maximum atomic E-state index is 11.8. The van der Waals surface area contributed by atoms with Gasteiger partial charge >= 0.3 is 5.97 Å². The molecule has 0 spiro atoms. The van der Waals surface area contributed by atoms with Crippen LogP contribution < -0.4 is 5.32 Å². The fourth-order valence-electron chi connectivity index (χ4n) is 1.99. The molecule has 0 saturated heterocycles. The number of benzene rings is 1. The van der Waals surface area contributed by atoms with Gasteiger partial charge in [-0.1, -0.05) is 29.8 Å². The van der Waals surface area contributed by atoms with Crippen LogP contribution >= 0.6 is 11.6 Å². The number of rotatable bonds is 5. The molecular formula is C16H16ClNO4. The van der Waals surface area contributed by atoms with Crippen molar-refractivity contribution in [2.24, 2.45) is 0 Å². The van der Waals surface area contributed by atoms with Crippen molar-refractivity contribution >= 4 is 23.5 Å². The Kier molecular flexibility index (Phi) is 5.22. The van der Waals surface area contributed by atoms with E-state index in [1.807, 2.05) is 18.2 Å². The van der Waals surface area contributed by atoms with Crippen LogP contribution in [0.1, 0.15) is 34.6 Å². The molecule has 0 aliphatic carbocycles. The number of ether oxygens (including phenoxy) is 1. The molecular weight excluding hydrogens is 306 g/mol. The zero-order valence-electron chi connectivity index (χ0n) is 12.3. The maximum absolute atomic E-state index is 11.8. The predicted octanol–water partition coefficient (Wildman–Crippen LogP) is 3.28. The van der Waals surface area contributed by atoms with E-state index in [0.717, 1.165) is 5.56 Å². The van der Waals surface area contributed by atoms with Gasteiger partial charge in [-0.05, 0) is 31.5 Å². The molecule has 0 aliphatic heterocycles. The summed E-state index contributed by atoms with van der Waals surface area (Å²) in [6, 6.07) is 8.45. The molecule has 116 valence electrons. The first-order chi connectivity index (χ1) is 10.5. The summed E-state index contributed by atoms with van der Waals surface area (Å²) in [6.45, 7) is 3.09. The summed E-state index contributed by atoms with van der Waals surface area (Å²) >= 11 is 6.07. The summed E-state index contributed by atoms with van der Waals surface area (Å²) in [5, 5.41) is 3.30. The summed E-state index contributed by atoms with van der Waals surface area (Å²) in [4.78, 5) is 23.6. The monoisotopic (exact) mass is 321 g/mol. The van der Waals surface area contributed by atoms with Crippen molar-refractivity contribution in [2.75, 3.05) is 6.61 Å². The topological polar surface area (TPSA) is 68.5 Å². The largest absolute Gasteiger partial charge is 0.469 e. The van der Waals surface area contributed by atoms with Gasteiger partial charge in [-0.15, -0.1) is 0 Å². The van der Waals surface area contributed by atoms with Crippen molar-refractivity contribution < 1.29 is 18.7 Å². The van der Waals surface area contributed by atoms with E-state index in [9.17, 15) is 9.59 Å². The molecule has 0 saturated carbocycles. The number of esters is 1. The highest BCUT2D eigenvalue weighted by Crippen LogP contribution is 2.21. The molecule has 0 bridgehead atoms. The Hall–Kier alpha value is -2.27. The van der Waals surface area contributed by atoms with Crippen molar-refractivity contribution in [2.45, 2.75) is 19.9 Å². The van der Waals surface area contributed by atoms with E-state index in [1.54, 1.807) is 19.9 Å². The van der Waals surface area contributed by atoms with Crippen molar-refractivity contribution in [3.8, 4) is 0 Å². The van der Waals surface area contributed by atoms with Crippen LogP contribution in [0.3, 0.4) is 0 Å². The Balaban J connectivity index is 1.87. The molecule has 1 aromatic heterocycles. The molecule has 0 fully saturated rings. The van der Waals surface area contributed by atoms with E-state index < -0.39 is 11.9 Å². The van der Waals surface area contributed by atoms with Crippen LogP contribution in [0.4, 0.5) is 0 Å². The summed E-state index contributed by atoms with van der Waals surface area (Å²) in [6.07, 6.45) is 1.39. The van der Waals surface area contributed by atoms with E-state index in [4.69, 9.17) is 20.8 Å². The minimum atomic E-state index is -0.591. The molecule has 1 atom stereocenters. The van der Waals surface area contributed by atoms with Gasteiger partial charge in [0.15, 0.2) is 6.61 Å². The second-order valence-corrected chi connectivity index (χ2v) is 5.18. The molecule has 6 heteroatoms. The van der Waals surface area contributed by atoms with Crippen molar-refractivity contribution in [3.05, 3.63) is 58.5 Å². The first-order valence-electron chi connectivity index (χ1n) is 6.74. The van der Waals surface area contributed by atoms with Crippen LogP contribution in [0.5, 0.6) is 0 Å². The van der Waals surface area contributed by atoms with Gasteiger partial charge in [0.25, 0.3) is 5.91 Å². The number of aryl methyl sites for hydroxylation is 1. The number of amides is 1. The Morgan fingerprint density at radius 2 is 2.05 bits per heavy atom. The Morgan fingerprint density at radius 3 is 2.68 bits per heavy atom. The maximum Gasteiger partial charge on any atom is 0.342 e. The quantitative estimate of drug-likeness (QED) is 0.858. The van der Waals surface area contributed by atoms with Crippen LogP contribution in [0, 0.1) is 6.92 Å². The Bertz CT molecular complexity index is 680. The van der Waals surface area contributed by atoms with Gasteiger partial charge in [0, 0.05) is 5.02 Å². The molecule has 22 heavy (non-hydrogen) atoms. The van der Waals surface area contributed by atoms with E-state index in [2.05, 4.69) is 5.32 Å². The van der Waals surface area contributed by atoms with Crippen molar-refractivity contribution in [1.82, 2.24) is 5.32 Å². The van der Waals surface area contributed by atoms with Gasteiger partial charge in [0.05, 0.1) is 12.3 Å². The number of halogens is 1. The molecule has 0 aliphatic rings. The molecule has 2 aromatic rings. The number of carbonyl (C=O) groups excluding carboxylic acids is 2. The second-order valence-electron chi connectivity index (χ2n) is 4.78. The van der Waals surface area contributed by atoms with E-state index in [1.165, 1.54) is 12.3 Å². The number of hydrogen-bond donors (Lipinski definition) is 1. The van der Waals surface area contributed by atoms with E-state index >= 15 is 0 Å². The Labute approximate surface area is 133 Å². The van der Waals surface area contributed by atoms with Crippen LogP contribution in [-0.2, 0) is 9.53 Å². The van der Waals surface area contributed by atoms with Gasteiger partial charge in [0.2, 0.25) is 0 Å². The van der Waals surface area contributed by atoms with E-state index in [-0.39, 0.29) is 12.6 Å². The molecule has 0 radical (unpaired) electrons. The second kappa shape index (κ2) is 7.13. The van der Waals surface area contributed by atoms with Gasteiger partial charge in [0.1, 0.15) is 11.3 Å². The first-order valence-corrected chi connectivity index (χ1v) is 7.12. The smallest absolute Gasteiger partial charge is 0.342 e. The average molecular weight is 322 g/mol. The zero-order chi connectivity index (χ0) is 16.1. The summed E-state index contributed by atoms with van der Waals surface area (Å²) < 4.78 is 9.96. The fourth-order valence-corrected chi connectivity index (χ4v) is 2.29. The van der Waals surface area contributed by atoms with Crippen LogP contribution in [0.25, 0.3) is 0 Å². The lowest BCUT2D eigenvalue weighted by Crippen LogP contribution is -2.31. The van der Waals surface area contributed by atoms with Crippen LogP contribution in [0.15, 0.2) is 41.0 Å². The van der Waals surface area contributed by atoms with Gasteiger partial charge in [-0.2, -0.15) is 0 Å². The number of carbonyl (C=O) groups is 2. The summed E-state index contributed by atoms with van der Waals surface area (Å²) in [7, 11) is 0. The highest BCUT2D eigenvalue weighted by Gasteiger charge is 2.16. The standard InChI is InChI=1S/C16H16ClNO4/c1-10(12-5-3-4-6-14(12)17)18-15(19)9-22-16(20)13-7-8-21-11(13)2/h3-8,10H,9H2,1-2H3,(H,18,19)/t10-/m0/s1. The van der Waals surface area contributed by atoms with Crippen LogP contribution in [-0.4, -0.2) is 18.5 Å². The number of hydrogen-bond acceptors (Lipinski definition) is 4. The molecule has 1 amide bonds. The number of furan rings is 1.